The molecule has 0 N–H and O–H groups in total. The third-order valence-corrected chi connectivity index (χ3v) is 15.5. The third-order valence-electron chi connectivity index (χ3n) is 13.4. The highest BCUT2D eigenvalue weighted by Crippen LogP contribution is 2.45. The maximum absolute atomic E-state index is 7.00. The Hall–Kier alpha value is -7.08. The van der Waals surface area contributed by atoms with Crippen LogP contribution in [0.15, 0.2) is 179 Å². The van der Waals surface area contributed by atoms with Crippen molar-refractivity contribution in [3.63, 3.8) is 0 Å². The Kier molecular flexibility index (Phi) is 9.74. The molecule has 0 aliphatic carbocycles. The predicted octanol–water partition coefficient (Wildman–Crippen LogP) is 17.8. The van der Waals surface area contributed by atoms with E-state index in [-0.39, 0.29) is 0 Å². The molecule has 0 amide bonds. The summed E-state index contributed by atoms with van der Waals surface area (Å²) in [5.41, 5.74) is 14.1. The highest BCUT2D eigenvalue weighted by molar-refractivity contribution is 6.88. The van der Waals surface area contributed by atoms with E-state index in [1.54, 1.807) is 0 Å². The first kappa shape index (κ1) is 40.7. The first-order chi connectivity index (χ1) is 31.4. The molecule has 0 spiro atoms. The van der Waals surface area contributed by atoms with Crippen LogP contribution in [0.3, 0.4) is 0 Å². The van der Waals surface area contributed by atoms with Crippen molar-refractivity contribution in [2.24, 2.45) is 0 Å². The maximum atomic E-state index is 7.00. The summed E-state index contributed by atoms with van der Waals surface area (Å²) in [7, 11) is -1.46. The Morgan fingerprint density at radius 1 is 0.385 bits per heavy atom. The summed E-state index contributed by atoms with van der Waals surface area (Å²) in [6.45, 7) is 18.3. The van der Waals surface area contributed by atoms with Gasteiger partial charge in [0, 0.05) is 61.1 Å². The molecule has 320 valence electrons. The van der Waals surface area contributed by atoms with Crippen molar-refractivity contribution in [2.75, 3.05) is 9.80 Å². The summed E-state index contributed by atoms with van der Waals surface area (Å²) in [4.78, 5) is 4.71. The summed E-state index contributed by atoms with van der Waals surface area (Å²) >= 11 is 0. The van der Waals surface area contributed by atoms with Crippen LogP contribution in [-0.2, 0) is 0 Å². The Balaban J connectivity index is 1.01. The van der Waals surface area contributed by atoms with Crippen LogP contribution in [0, 0.1) is 6.92 Å². The number of aryl methyl sites for hydroxylation is 1. The molecule has 5 heteroatoms. The van der Waals surface area contributed by atoms with Gasteiger partial charge in [-0.15, -0.1) is 0 Å². The molecule has 0 aliphatic rings. The Labute approximate surface area is 382 Å². The van der Waals surface area contributed by atoms with Crippen LogP contribution in [0.25, 0.3) is 65.4 Å². The average molecular weight is 863 g/mol. The lowest BCUT2D eigenvalue weighted by atomic mass is 10.0. The molecule has 0 radical (unpaired) electrons. The molecular weight excluding hydrogens is 809 g/mol. The highest BCUT2D eigenvalue weighted by Gasteiger charge is 2.22. The molecule has 0 unspecified atom stereocenters. The van der Waals surface area contributed by atoms with Gasteiger partial charge in [0.2, 0.25) is 0 Å². The molecule has 0 saturated heterocycles. The van der Waals surface area contributed by atoms with Gasteiger partial charge < -0.3 is 18.6 Å². The van der Waals surface area contributed by atoms with Crippen molar-refractivity contribution in [3.8, 4) is 0 Å². The van der Waals surface area contributed by atoms with Crippen LogP contribution in [-0.4, -0.2) is 8.07 Å². The molecule has 65 heavy (non-hydrogen) atoms. The molecular formula is C60H54N2O2Si. The van der Waals surface area contributed by atoms with Gasteiger partial charge in [-0.2, -0.15) is 0 Å². The number of hydrogen-bond donors (Lipinski definition) is 0. The van der Waals surface area contributed by atoms with E-state index >= 15 is 0 Å². The van der Waals surface area contributed by atoms with Crippen molar-refractivity contribution in [2.45, 2.75) is 66.1 Å². The Morgan fingerprint density at radius 2 is 0.785 bits per heavy atom. The van der Waals surface area contributed by atoms with Crippen LogP contribution < -0.4 is 15.0 Å². The smallest absolute Gasteiger partial charge is 0.147 e. The molecule has 9 aromatic carbocycles. The fourth-order valence-corrected chi connectivity index (χ4v) is 10.8. The van der Waals surface area contributed by atoms with Gasteiger partial charge in [0.25, 0.3) is 0 Å². The summed E-state index contributed by atoms with van der Waals surface area (Å²) in [6, 6.07) is 62.6. The molecule has 11 aromatic rings. The van der Waals surface area contributed by atoms with Gasteiger partial charge in [0.05, 0.1) is 13.5 Å². The monoisotopic (exact) mass is 862 g/mol. The van der Waals surface area contributed by atoms with Gasteiger partial charge in [-0.1, -0.05) is 119 Å². The number of benzene rings is 9. The van der Waals surface area contributed by atoms with E-state index in [0.717, 1.165) is 99.5 Å². The van der Waals surface area contributed by atoms with Gasteiger partial charge in [0.1, 0.15) is 22.3 Å². The maximum Gasteiger partial charge on any atom is 0.147 e. The number of nitrogens with zero attached hydrogens (tertiary/aromatic N) is 2. The minimum Gasteiger partial charge on any atom is -0.455 e. The van der Waals surface area contributed by atoms with Gasteiger partial charge in [0.15, 0.2) is 0 Å². The first-order valence-corrected chi connectivity index (χ1v) is 26.5. The van der Waals surface area contributed by atoms with E-state index in [4.69, 9.17) is 8.83 Å². The zero-order valence-electron chi connectivity index (χ0n) is 38.5. The predicted molar refractivity (Wildman–Crippen MR) is 281 cm³/mol. The average Bonchev–Trinajstić information content (AvgIpc) is 3.89. The van der Waals surface area contributed by atoms with E-state index in [1.165, 1.54) is 21.9 Å². The Bertz CT molecular complexity index is 3570. The van der Waals surface area contributed by atoms with E-state index in [1.807, 2.05) is 0 Å². The first-order valence-electron chi connectivity index (χ1n) is 23.0. The van der Waals surface area contributed by atoms with Crippen LogP contribution in [0.5, 0.6) is 0 Å². The van der Waals surface area contributed by atoms with E-state index in [9.17, 15) is 0 Å². The molecule has 0 fully saturated rings. The van der Waals surface area contributed by atoms with Gasteiger partial charge in [-0.3, -0.25) is 0 Å². The standard InChI is InChI=1S/C60H54N2O2Si/c1-37(2)40-11-19-45(20-12-40)61(44-17-9-39(5)10-18-44)48-25-31-51-42(35-48)15-29-53-54-33-34-56-57(60(54)64-58(51)53)55-30-16-43-36-49(26-32-52(43)59(55)63-56)62(46-21-13-41(14-22-46)38(3)4)47-23-27-50(28-24-47)65(6,7)8/h9-38H,1-8H3. The molecule has 0 aliphatic heterocycles. The van der Waals surface area contributed by atoms with E-state index < -0.39 is 8.07 Å². The largest absolute Gasteiger partial charge is 0.455 e. The molecule has 0 bridgehead atoms. The van der Waals surface area contributed by atoms with Gasteiger partial charge in [-0.25, -0.2) is 0 Å². The van der Waals surface area contributed by atoms with Crippen molar-refractivity contribution in [1.82, 2.24) is 0 Å². The minimum absolute atomic E-state index is 0.466. The van der Waals surface area contributed by atoms with Crippen LogP contribution >= 0.6 is 0 Å². The molecule has 4 nitrogen and oxygen atoms in total. The number of anilines is 6. The Morgan fingerprint density at radius 3 is 1.28 bits per heavy atom. The van der Waals surface area contributed by atoms with Crippen LogP contribution in [0.2, 0.25) is 19.6 Å². The normalized spacial score (nSPS) is 12.3. The summed E-state index contributed by atoms with van der Waals surface area (Å²) in [5, 5.41) is 10.1. The third kappa shape index (κ3) is 7.06. The zero-order chi connectivity index (χ0) is 44.7. The van der Waals surface area contributed by atoms with Crippen LogP contribution in [0.4, 0.5) is 34.1 Å². The molecule has 0 atom stereocenters. The second-order valence-electron chi connectivity index (χ2n) is 19.5. The number of furan rings is 2. The SMILES string of the molecule is Cc1ccc(N(c2ccc(C(C)C)cc2)c2ccc3c(ccc4c5ccc6oc7c8ccc(N(c9ccc(C(C)C)cc9)c9ccc([Si](C)(C)C)cc9)cc8ccc7c6c5oc34)c2)cc1. The molecule has 0 saturated carbocycles. The van der Waals surface area contributed by atoms with Gasteiger partial charge in [-0.05, 0) is 150 Å². The lowest BCUT2D eigenvalue weighted by molar-refractivity contribution is 0.666. The molecule has 11 rings (SSSR count). The zero-order valence-corrected chi connectivity index (χ0v) is 39.5. The fourth-order valence-electron chi connectivity index (χ4n) is 9.63. The fraction of sp³-hybridized carbons (Fsp3) is 0.167. The van der Waals surface area contributed by atoms with E-state index in [2.05, 4.69) is 234 Å². The van der Waals surface area contributed by atoms with Crippen LogP contribution in [0.1, 0.15) is 56.2 Å². The molecule has 2 heterocycles. The summed E-state index contributed by atoms with van der Waals surface area (Å²) in [6.07, 6.45) is 0. The topological polar surface area (TPSA) is 32.8 Å². The van der Waals surface area contributed by atoms with Crippen molar-refractivity contribution in [1.29, 1.82) is 0 Å². The second-order valence-corrected chi connectivity index (χ2v) is 24.6. The van der Waals surface area contributed by atoms with Crippen molar-refractivity contribution < 1.29 is 8.83 Å². The molecule has 2 aromatic heterocycles. The number of rotatable bonds is 9. The second kappa shape index (κ2) is 15.6. The lowest BCUT2D eigenvalue weighted by Gasteiger charge is -2.27. The van der Waals surface area contributed by atoms with Crippen molar-refractivity contribution in [3.05, 3.63) is 187 Å². The van der Waals surface area contributed by atoms with Gasteiger partial charge >= 0.3 is 0 Å². The minimum atomic E-state index is -1.46. The lowest BCUT2D eigenvalue weighted by Crippen LogP contribution is -2.37. The number of fused-ring (bicyclic) bond motifs is 11. The van der Waals surface area contributed by atoms with Crippen molar-refractivity contribution >= 4 is 113 Å². The highest BCUT2D eigenvalue weighted by atomic mass is 28.3. The van der Waals surface area contributed by atoms with E-state index in [0.29, 0.717) is 11.8 Å². The number of hydrogen-bond acceptors (Lipinski definition) is 4. The summed E-state index contributed by atoms with van der Waals surface area (Å²) in [5.74, 6) is 0.936. The summed E-state index contributed by atoms with van der Waals surface area (Å²) < 4.78 is 13.8. The quantitative estimate of drug-likeness (QED) is 0.135.